The third-order valence-electron chi connectivity index (χ3n) is 4.93. The first-order valence-corrected chi connectivity index (χ1v) is 10.8. The predicted octanol–water partition coefficient (Wildman–Crippen LogP) is 6.20. The van der Waals surface area contributed by atoms with Crippen LogP contribution in [0.3, 0.4) is 0 Å². The first-order valence-electron chi connectivity index (χ1n) is 9.64. The molecule has 4 rings (SSSR count). The molecule has 168 valence electrons. The van der Waals surface area contributed by atoms with Crippen molar-refractivity contribution in [3.8, 4) is 17.2 Å². The van der Waals surface area contributed by atoms with Crippen molar-refractivity contribution in [1.82, 2.24) is 0 Å². The third kappa shape index (κ3) is 4.37. The summed E-state index contributed by atoms with van der Waals surface area (Å²) in [5.74, 6) is -0.180. The Balaban J connectivity index is 1.90. The third-order valence-corrected chi connectivity index (χ3v) is 5.73. The molecule has 1 N–H and O–H groups in total. The number of hydrogen-bond acceptors (Lipinski definition) is 5. The van der Waals surface area contributed by atoms with E-state index < -0.39 is 5.91 Å². The Hall–Kier alpha value is -3.19. The maximum Gasteiger partial charge on any atom is 0.281 e. The van der Waals surface area contributed by atoms with Gasteiger partial charge in [-0.15, -0.1) is 0 Å². The lowest BCUT2D eigenvalue weighted by Gasteiger charge is -2.15. The van der Waals surface area contributed by atoms with Crippen LogP contribution < -0.4 is 14.5 Å². The number of carbonyl (C=O) groups is 1. The van der Waals surface area contributed by atoms with Crippen molar-refractivity contribution in [2.75, 3.05) is 19.2 Å². The van der Waals surface area contributed by atoms with Crippen LogP contribution in [0.25, 0.3) is 6.08 Å². The zero-order chi connectivity index (χ0) is 23.7. The number of rotatable bonds is 5. The van der Waals surface area contributed by atoms with Gasteiger partial charge in [0, 0.05) is 10.6 Å². The molecule has 0 bridgehead atoms. The molecule has 1 aliphatic heterocycles. The van der Waals surface area contributed by atoms with Crippen molar-refractivity contribution in [2.24, 2.45) is 5.10 Å². The highest BCUT2D eigenvalue weighted by molar-refractivity contribution is 6.44. The summed E-state index contributed by atoms with van der Waals surface area (Å²) in [6.07, 6.45) is 1.64. The van der Waals surface area contributed by atoms with Gasteiger partial charge in [0.2, 0.25) is 5.75 Å². The maximum absolute atomic E-state index is 13.5. The van der Waals surface area contributed by atoms with Crippen LogP contribution in [0.5, 0.6) is 17.2 Å². The summed E-state index contributed by atoms with van der Waals surface area (Å²) in [6.45, 7) is 0. The highest BCUT2D eigenvalue weighted by Gasteiger charge is 2.34. The smallest absolute Gasteiger partial charge is 0.281 e. The molecule has 1 heterocycles. The van der Waals surface area contributed by atoms with Crippen LogP contribution in [0.1, 0.15) is 11.1 Å². The summed E-state index contributed by atoms with van der Waals surface area (Å²) in [5, 5.41) is 16.6. The highest BCUT2D eigenvalue weighted by Crippen LogP contribution is 2.41. The predicted molar refractivity (Wildman–Crippen MR) is 131 cm³/mol. The lowest BCUT2D eigenvalue weighted by molar-refractivity contribution is -0.114. The molecule has 0 saturated heterocycles. The normalized spacial score (nSPS) is 14.6. The summed E-state index contributed by atoms with van der Waals surface area (Å²) in [6, 6.07) is 15.4. The minimum atomic E-state index is -0.439. The van der Waals surface area contributed by atoms with E-state index in [0.717, 1.165) is 10.6 Å². The Bertz CT molecular complexity index is 1260. The summed E-state index contributed by atoms with van der Waals surface area (Å²) < 4.78 is 10.5. The van der Waals surface area contributed by atoms with Gasteiger partial charge in [0.05, 0.1) is 29.8 Å². The van der Waals surface area contributed by atoms with Crippen molar-refractivity contribution < 1.29 is 19.4 Å². The molecular weight excluding hydrogens is 487 g/mol. The van der Waals surface area contributed by atoms with Gasteiger partial charge in [0.15, 0.2) is 11.5 Å². The first-order chi connectivity index (χ1) is 15.8. The molecule has 0 spiro atoms. The van der Waals surface area contributed by atoms with E-state index in [1.165, 1.54) is 26.4 Å². The standard InChI is InChI=1S/C24H17Cl3N2O4/c1-32-19-9-13(10-20(33-2)23(19)30)8-16-21(14-6-4-3-5-7-14)28-29(24(16)31)22-17(26)11-15(25)12-18(22)27/h3-12,30H,1-2H3/b16-8+. The lowest BCUT2D eigenvalue weighted by Crippen LogP contribution is -2.22. The fourth-order valence-electron chi connectivity index (χ4n) is 3.41. The fourth-order valence-corrected chi connectivity index (χ4v) is 4.38. The Labute approximate surface area is 205 Å². The number of carbonyl (C=O) groups excluding carboxylic acids is 1. The Morgan fingerprint density at radius 2 is 1.52 bits per heavy atom. The number of hydrogen-bond donors (Lipinski definition) is 1. The van der Waals surface area contributed by atoms with Crippen molar-refractivity contribution in [3.63, 3.8) is 0 Å². The van der Waals surface area contributed by atoms with E-state index in [1.807, 2.05) is 30.3 Å². The molecule has 0 aliphatic carbocycles. The van der Waals surface area contributed by atoms with E-state index in [1.54, 1.807) is 18.2 Å². The number of benzene rings is 3. The van der Waals surface area contributed by atoms with Gasteiger partial charge in [-0.1, -0.05) is 65.1 Å². The second kappa shape index (κ2) is 9.35. The molecule has 0 atom stereocenters. The summed E-state index contributed by atoms with van der Waals surface area (Å²) >= 11 is 18.8. The number of halogens is 3. The second-order valence-electron chi connectivity index (χ2n) is 6.98. The van der Waals surface area contributed by atoms with Gasteiger partial charge in [0.25, 0.3) is 5.91 Å². The zero-order valence-electron chi connectivity index (χ0n) is 17.5. The fraction of sp³-hybridized carbons (Fsp3) is 0.0833. The van der Waals surface area contributed by atoms with Crippen molar-refractivity contribution in [1.29, 1.82) is 0 Å². The molecule has 3 aromatic rings. The largest absolute Gasteiger partial charge is 0.502 e. The molecule has 0 radical (unpaired) electrons. The molecule has 1 aliphatic rings. The van der Waals surface area contributed by atoms with E-state index in [9.17, 15) is 9.90 Å². The molecule has 3 aromatic carbocycles. The highest BCUT2D eigenvalue weighted by atomic mass is 35.5. The van der Waals surface area contributed by atoms with Crippen LogP contribution >= 0.6 is 34.8 Å². The SMILES string of the molecule is COc1cc(/C=C2/C(=O)N(c3c(Cl)cc(Cl)cc3Cl)N=C2c2ccccc2)cc(OC)c1O. The van der Waals surface area contributed by atoms with Crippen LogP contribution in [0.15, 0.2) is 65.3 Å². The van der Waals surface area contributed by atoms with Crippen LogP contribution in [-0.4, -0.2) is 30.9 Å². The molecule has 33 heavy (non-hydrogen) atoms. The molecule has 9 heteroatoms. The minimum absolute atomic E-state index is 0.141. The van der Waals surface area contributed by atoms with Gasteiger partial charge in [-0.3, -0.25) is 4.79 Å². The second-order valence-corrected chi connectivity index (χ2v) is 8.23. The van der Waals surface area contributed by atoms with E-state index in [4.69, 9.17) is 44.3 Å². The van der Waals surface area contributed by atoms with Crippen molar-refractivity contribution >= 4 is 58.2 Å². The molecule has 0 aromatic heterocycles. The monoisotopic (exact) mass is 502 g/mol. The quantitative estimate of drug-likeness (QED) is 0.421. The van der Waals surface area contributed by atoms with Crippen LogP contribution in [0, 0.1) is 0 Å². The molecule has 6 nitrogen and oxygen atoms in total. The summed E-state index contributed by atoms with van der Waals surface area (Å²) in [5.41, 5.74) is 2.22. The molecule has 0 fully saturated rings. The zero-order valence-corrected chi connectivity index (χ0v) is 19.7. The van der Waals surface area contributed by atoms with E-state index in [0.29, 0.717) is 16.3 Å². The van der Waals surface area contributed by atoms with Crippen LogP contribution in [0.4, 0.5) is 5.69 Å². The van der Waals surface area contributed by atoms with Crippen molar-refractivity contribution in [3.05, 3.63) is 86.4 Å². The molecular formula is C24H17Cl3N2O4. The van der Waals surface area contributed by atoms with Crippen molar-refractivity contribution in [2.45, 2.75) is 0 Å². The van der Waals surface area contributed by atoms with E-state index in [-0.39, 0.29) is 38.6 Å². The number of nitrogens with zero attached hydrogens (tertiary/aromatic N) is 2. The topological polar surface area (TPSA) is 71.4 Å². The van der Waals surface area contributed by atoms with Gasteiger partial charge >= 0.3 is 0 Å². The first kappa shape index (κ1) is 23.0. The number of hydrazone groups is 1. The van der Waals surface area contributed by atoms with E-state index in [2.05, 4.69) is 5.10 Å². The maximum atomic E-state index is 13.5. The number of amides is 1. The Morgan fingerprint density at radius 1 is 0.939 bits per heavy atom. The lowest BCUT2D eigenvalue weighted by atomic mass is 10.00. The van der Waals surface area contributed by atoms with Gasteiger partial charge in [-0.2, -0.15) is 10.1 Å². The molecule has 0 unspecified atom stereocenters. The number of phenolic OH excluding ortho intramolecular Hbond substituents is 1. The number of phenols is 1. The summed E-state index contributed by atoms with van der Waals surface area (Å²) in [7, 11) is 2.85. The molecule has 1 amide bonds. The number of methoxy groups -OCH3 is 2. The van der Waals surface area contributed by atoms with E-state index >= 15 is 0 Å². The van der Waals surface area contributed by atoms with Gasteiger partial charge in [-0.25, -0.2) is 0 Å². The van der Waals surface area contributed by atoms with Crippen LogP contribution in [-0.2, 0) is 4.79 Å². The average Bonchev–Trinajstić information content (AvgIpc) is 3.10. The minimum Gasteiger partial charge on any atom is -0.502 e. The summed E-state index contributed by atoms with van der Waals surface area (Å²) in [4.78, 5) is 13.5. The van der Waals surface area contributed by atoms with Gasteiger partial charge in [-0.05, 0) is 35.9 Å². The number of anilines is 1. The van der Waals surface area contributed by atoms with Gasteiger partial charge in [0.1, 0.15) is 11.4 Å². The van der Waals surface area contributed by atoms with Gasteiger partial charge < -0.3 is 14.6 Å². The van der Waals surface area contributed by atoms with Crippen LogP contribution in [0.2, 0.25) is 15.1 Å². The Morgan fingerprint density at radius 3 is 2.06 bits per heavy atom. The average molecular weight is 504 g/mol. The molecule has 0 saturated carbocycles. The number of aromatic hydroxyl groups is 1. The Kier molecular flexibility index (Phi) is 6.51. The number of ether oxygens (including phenoxy) is 2.